The lowest BCUT2D eigenvalue weighted by Gasteiger charge is -1.99. The van der Waals surface area contributed by atoms with Crippen LogP contribution < -0.4 is 5.32 Å². The standard InChI is InChI=1S/C14H16N2O2S/c1-9-7-8-18-12(9)13(17)16-14-15-10-5-3-2-4-6-11(10)19-14/h7-8H,2-6H2,1H3,(H,15,16,17). The first kappa shape index (κ1) is 12.4. The van der Waals surface area contributed by atoms with E-state index in [4.69, 9.17) is 4.42 Å². The highest BCUT2D eigenvalue weighted by atomic mass is 32.1. The van der Waals surface area contributed by atoms with Crippen LogP contribution >= 0.6 is 11.3 Å². The van der Waals surface area contributed by atoms with Crippen molar-refractivity contribution < 1.29 is 9.21 Å². The van der Waals surface area contributed by atoms with Gasteiger partial charge in [-0.1, -0.05) is 6.42 Å². The van der Waals surface area contributed by atoms with Gasteiger partial charge in [-0.05, 0) is 38.7 Å². The van der Waals surface area contributed by atoms with Crippen molar-refractivity contribution in [3.63, 3.8) is 0 Å². The SMILES string of the molecule is Cc1ccoc1C(=O)Nc1nc2c(s1)CCCCC2. The number of nitrogens with zero attached hydrogens (tertiary/aromatic N) is 1. The smallest absolute Gasteiger partial charge is 0.293 e. The number of aromatic nitrogens is 1. The van der Waals surface area contributed by atoms with E-state index >= 15 is 0 Å². The summed E-state index contributed by atoms with van der Waals surface area (Å²) in [4.78, 5) is 17.9. The first-order chi connectivity index (χ1) is 9.24. The maximum absolute atomic E-state index is 12.0. The molecule has 3 rings (SSSR count). The molecule has 1 N–H and O–H groups in total. The second-order valence-corrected chi connectivity index (χ2v) is 5.92. The fourth-order valence-corrected chi connectivity index (χ4v) is 3.39. The number of carbonyl (C=O) groups is 1. The Morgan fingerprint density at radius 1 is 1.37 bits per heavy atom. The summed E-state index contributed by atoms with van der Waals surface area (Å²) in [6.45, 7) is 1.86. The van der Waals surface area contributed by atoms with Gasteiger partial charge in [0.15, 0.2) is 10.9 Å². The zero-order valence-corrected chi connectivity index (χ0v) is 11.7. The summed E-state index contributed by atoms with van der Waals surface area (Å²) in [5, 5.41) is 3.53. The van der Waals surface area contributed by atoms with Crippen LogP contribution in [0.2, 0.25) is 0 Å². The quantitative estimate of drug-likeness (QED) is 0.853. The van der Waals surface area contributed by atoms with Crippen molar-refractivity contribution in [2.45, 2.75) is 39.0 Å². The van der Waals surface area contributed by atoms with Crippen LogP contribution in [0.15, 0.2) is 16.7 Å². The van der Waals surface area contributed by atoms with Crippen LogP contribution in [0.5, 0.6) is 0 Å². The van der Waals surface area contributed by atoms with Gasteiger partial charge in [-0.3, -0.25) is 10.1 Å². The van der Waals surface area contributed by atoms with E-state index in [0.29, 0.717) is 10.9 Å². The number of carbonyl (C=O) groups excluding carboxylic acids is 1. The summed E-state index contributed by atoms with van der Waals surface area (Å²) in [5.41, 5.74) is 2.00. The molecule has 0 saturated heterocycles. The van der Waals surface area contributed by atoms with Crippen LogP contribution in [0.3, 0.4) is 0 Å². The van der Waals surface area contributed by atoms with Gasteiger partial charge in [-0.25, -0.2) is 4.98 Å². The Bertz CT molecular complexity index is 577. The molecule has 2 aromatic heterocycles. The molecule has 4 nitrogen and oxygen atoms in total. The maximum Gasteiger partial charge on any atom is 0.293 e. The Kier molecular flexibility index (Phi) is 3.38. The molecule has 0 aromatic carbocycles. The first-order valence-corrected chi connectivity index (χ1v) is 7.40. The third-order valence-corrected chi connectivity index (χ3v) is 4.46. The summed E-state index contributed by atoms with van der Waals surface area (Å²) in [5.74, 6) is 0.150. The Morgan fingerprint density at radius 3 is 3.00 bits per heavy atom. The van der Waals surface area contributed by atoms with Gasteiger partial charge in [-0.15, -0.1) is 11.3 Å². The van der Waals surface area contributed by atoms with Gasteiger partial charge in [-0.2, -0.15) is 0 Å². The van der Waals surface area contributed by atoms with E-state index in [1.54, 1.807) is 17.4 Å². The van der Waals surface area contributed by atoms with Crippen LogP contribution in [-0.4, -0.2) is 10.9 Å². The predicted octanol–water partition coefficient (Wildman–Crippen LogP) is 3.57. The summed E-state index contributed by atoms with van der Waals surface area (Å²) in [7, 11) is 0. The zero-order valence-electron chi connectivity index (χ0n) is 10.9. The highest BCUT2D eigenvalue weighted by Crippen LogP contribution is 2.29. The summed E-state index contributed by atoms with van der Waals surface area (Å²) < 4.78 is 5.19. The van der Waals surface area contributed by atoms with Crippen LogP contribution in [0.4, 0.5) is 5.13 Å². The van der Waals surface area contributed by atoms with Crippen molar-refractivity contribution >= 4 is 22.4 Å². The van der Waals surface area contributed by atoms with Gasteiger partial charge < -0.3 is 4.42 Å². The number of anilines is 1. The van der Waals surface area contributed by atoms with Crippen molar-refractivity contribution in [1.82, 2.24) is 4.98 Å². The molecule has 0 atom stereocenters. The normalized spacial score (nSPS) is 14.8. The molecule has 100 valence electrons. The van der Waals surface area contributed by atoms with Crippen LogP contribution in [-0.2, 0) is 12.8 Å². The highest BCUT2D eigenvalue weighted by Gasteiger charge is 2.18. The summed E-state index contributed by atoms with van der Waals surface area (Å²) in [6.07, 6.45) is 7.34. The van der Waals surface area contributed by atoms with E-state index in [-0.39, 0.29) is 5.91 Å². The van der Waals surface area contributed by atoms with Crippen LogP contribution in [0.1, 0.15) is 46.0 Å². The number of hydrogen-bond donors (Lipinski definition) is 1. The number of aryl methyl sites for hydroxylation is 3. The van der Waals surface area contributed by atoms with Gasteiger partial charge in [0, 0.05) is 10.4 Å². The molecule has 0 saturated carbocycles. The molecule has 0 unspecified atom stereocenters. The largest absolute Gasteiger partial charge is 0.459 e. The van der Waals surface area contributed by atoms with Crippen molar-refractivity contribution in [3.8, 4) is 0 Å². The zero-order chi connectivity index (χ0) is 13.2. The average molecular weight is 276 g/mol. The third-order valence-electron chi connectivity index (χ3n) is 3.38. The molecular weight excluding hydrogens is 260 g/mol. The van der Waals surface area contributed by atoms with Crippen LogP contribution in [0, 0.1) is 6.92 Å². The molecule has 0 fully saturated rings. The number of hydrogen-bond acceptors (Lipinski definition) is 4. The van der Waals surface area contributed by atoms with Gasteiger partial charge in [0.2, 0.25) is 0 Å². The van der Waals surface area contributed by atoms with E-state index in [0.717, 1.165) is 24.1 Å². The van der Waals surface area contributed by atoms with E-state index in [1.165, 1.54) is 30.4 Å². The Balaban J connectivity index is 1.77. The number of rotatable bonds is 2. The predicted molar refractivity (Wildman–Crippen MR) is 74.8 cm³/mol. The molecule has 1 aliphatic rings. The second-order valence-electron chi connectivity index (χ2n) is 4.84. The maximum atomic E-state index is 12.0. The Hall–Kier alpha value is -1.62. The van der Waals surface area contributed by atoms with Gasteiger partial charge >= 0.3 is 0 Å². The fourth-order valence-electron chi connectivity index (χ4n) is 2.34. The van der Waals surface area contributed by atoms with Gasteiger partial charge in [0.05, 0.1) is 12.0 Å². The second kappa shape index (κ2) is 5.17. The summed E-state index contributed by atoms with van der Waals surface area (Å²) >= 11 is 1.60. The summed E-state index contributed by atoms with van der Waals surface area (Å²) in [6, 6.07) is 1.78. The third kappa shape index (κ3) is 2.56. The lowest BCUT2D eigenvalue weighted by Crippen LogP contribution is -2.11. The van der Waals surface area contributed by atoms with E-state index in [1.807, 2.05) is 6.92 Å². The number of nitrogens with one attached hydrogen (secondary N) is 1. The van der Waals surface area contributed by atoms with E-state index in [2.05, 4.69) is 10.3 Å². The number of thiazole rings is 1. The minimum absolute atomic E-state index is 0.216. The molecule has 0 aliphatic heterocycles. The molecule has 0 radical (unpaired) electrons. The molecule has 2 heterocycles. The van der Waals surface area contributed by atoms with Crippen LogP contribution in [0.25, 0.3) is 0 Å². The van der Waals surface area contributed by atoms with E-state index < -0.39 is 0 Å². The average Bonchev–Trinajstić information content (AvgIpc) is 2.90. The van der Waals surface area contributed by atoms with Crippen molar-refractivity contribution in [2.24, 2.45) is 0 Å². The van der Waals surface area contributed by atoms with Crippen molar-refractivity contribution in [1.29, 1.82) is 0 Å². The highest BCUT2D eigenvalue weighted by molar-refractivity contribution is 7.15. The molecule has 0 spiro atoms. The number of fused-ring (bicyclic) bond motifs is 1. The minimum Gasteiger partial charge on any atom is -0.459 e. The van der Waals surface area contributed by atoms with Crippen molar-refractivity contribution in [3.05, 3.63) is 34.2 Å². The Morgan fingerprint density at radius 2 is 2.21 bits per heavy atom. The molecule has 19 heavy (non-hydrogen) atoms. The first-order valence-electron chi connectivity index (χ1n) is 6.58. The van der Waals surface area contributed by atoms with Gasteiger partial charge in [0.1, 0.15) is 0 Å². The molecule has 2 aromatic rings. The molecule has 1 amide bonds. The monoisotopic (exact) mass is 276 g/mol. The minimum atomic E-state index is -0.216. The number of amides is 1. The lowest BCUT2D eigenvalue weighted by atomic mass is 10.2. The number of furan rings is 1. The Labute approximate surface area is 115 Å². The van der Waals surface area contributed by atoms with E-state index in [9.17, 15) is 4.79 Å². The topological polar surface area (TPSA) is 55.1 Å². The molecular formula is C14H16N2O2S. The van der Waals surface area contributed by atoms with Crippen molar-refractivity contribution in [2.75, 3.05) is 5.32 Å². The molecule has 5 heteroatoms. The fraction of sp³-hybridized carbons (Fsp3) is 0.429. The molecule has 0 bridgehead atoms. The molecule has 1 aliphatic carbocycles. The lowest BCUT2D eigenvalue weighted by molar-refractivity contribution is 0.0996. The van der Waals surface area contributed by atoms with Gasteiger partial charge in [0.25, 0.3) is 5.91 Å².